The first kappa shape index (κ1) is 11.0. The molecule has 2 unspecified atom stereocenters. The Morgan fingerprint density at radius 2 is 2.15 bits per heavy atom. The van der Waals surface area contributed by atoms with Gasteiger partial charge in [0.2, 0.25) is 0 Å². The normalized spacial score (nSPS) is 33.7. The highest BCUT2D eigenvalue weighted by Crippen LogP contribution is 2.10. The van der Waals surface area contributed by atoms with Crippen LogP contribution in [0.5, 0.6) is 0 Å². The Morgan fingerprint density at radius 1 is 1.54 bits per heavy atom. The lowest BCUT2D eigenvalue weighted by molar-refractivity contribution is -0.860. The van der Waals surface area contributed by atoms with Gasteiger partial charge in [0.15, 0.2) is 0 Å². The zero-order chi connectivity index (χ0) is 10.1. The van der Waals surface area contributed by atoms with E-state index in [1.54, 1.807) is 0 Å². The predicted molar refractivity (Wildman–Crippen MR) is 54.5 cm³/mol. The molecule has 1 aliphatic rings. The molecule has 2 atom stereocenters. The first-order valence-corrected chi connectivity index (χ1v) is 5.18. The van der Waals surface area contributed by atoms with E-state index in [0.29, 0.717) is 23.6 Å². The quantitative estimate of drug-likeness (QED) is 0.603. The molecule has 1 saturated heterocycles. The van der Waals surface area contributed by atoms with E-state index in [9.17, 15) is 5.21 Å². The second-order valence-corrected chi connectivity index (χ2v) is 5.27. The summed E-state index contributed by atoms with van der Waals surface area (Å²) < 4.78 is 0. The van der Waals surface area contributed by atoms with Crippen LogP contribution in [0.15, 0.2) is 0 Å². The van der Waals surface area contributed by atoms with E-state index in [2.05, 4.69) is 33.0 Å². The van der Waals surface area contributed by atoms with E-state index in [1.807, 2.05) is 0 Å². The average molecular weight is 186 g/mol. The van der Waals surface area contributed by atoms with Gasteiger partial charge in [-0.25, -0.2) is 0 Å². The average Bonchev–Trinajstić information content (AvgIpc) is 1.78. The van der Waals surface area contributed by atoms with Gasteiger partial charge in [-0.1, -0.05) is 13.8 Å². The highest BCUT2D eigenvalue weighted by Gasteiger charge is 2.31. The minimum absolute atomic E-state index is 0.00882. The molecule has 0 aliphatic carbocycles. The third kappa shape index (κ3) is 3.63. The summed E-state index contributed by atoms with van der Waals surface area (Å²) in [5, 5.41) is 15.4. The van der Waals surface area contributed by atoms with Crippen LogP contribution in [0, 0.1) is 11.1 Å². The fourth-order valence-electron chi connectivity index (χ4n) is 2.21. The number of nitrogens with one attached hydrogen (secondary N) is 2. The van der Waals surface area contributed by atoms with Crippen LogP contribution in [-0.2, 0) is 0 Å². The van der Waals surface area contributed by atoms with Crippen molar-refractivity contribution in [3.05, 3.63) is 5.21 Å². The molecule has 0 aromatic rings. The minimum atomic E-state index is 0.00882. The van der Waals surface area contributed by atoms with E-state index < -0.39 is 0 Å². The Balaban J connectivity index is 2.48. The van der Waals surface area contributed by atoms with E-state index in [0.717, 1.165) is 13.0 Å². The topological polar surface area (TPSA) is 39.5 Å². The second kappa shape index (κ2) is 3.95. The Bertz CT molecular complexity index is 166. The van der Waals surface area contributed by atoms with Gasteiger partial charge < -0.3 is 10.3 Å². The number of hydrogen-bond acceptors (Lipinski definition) is 2. The van der Waals surface area contributed by atoms with Crippen molar-refractivity contribution in [1.29, 1.82) is 0 Å². The number of rotatable bonds is 2. The molecule has 1 rings (SSSR count). The van der Waals surface area contributed by atoms with Crippen LogP contribution in [0.3, 0.4) is 0 Å². The number of hydrogen-bond donors (Lipinski definition) is 2. The highest BCUT2D eigenvalue weighted by atomic mass is 16.5. The Labute approximate surface area is 81.1 Å². The summed E-state index contributed by atoms with van der Waals surface area (Å²) in [4.78, 5) is 0. The van der Waals surface area contributed by atoms with E-state index in [-0.39, 0.29) is 5.54 Å². The van der Waals surface area contributed by atoms with Crippen molar-refractivity contribution in [3.8, 4) is 0 Å². The fourth-order valence-corrected chi connectivity index (χ4v) is 2.21. The van der Waals surface area contributed by atoms with Gasteiger partial charge in [0.05, 0.1) is 24.7 Å². The molecule has 0 aromatic heterocycles. The monoisotopic (exact) mass is 186 g/mol. The lowest BCUT2D eigenvalue weighted by Gasteiger charge is -2.43. The molecule has 0 aromatic carbocycles. The van der Waals surface area contributed by atoms with Crippen molar-refractivity contribution < 1.29 is 5.06 Å². The third-order valence-electron chi connectivity index (χ3n) is 2.46. The first-order chi connectivity index (χ1) is 5.89. The third-order valence-corrected chi connectivity index (χ3v) is 2.46. The molecule has 0 amide bonds. The molecule has 3 nitrogen and oxygen atoms in total. The molecule has 2 N–H and O–H groups in total. The summed E-state index contributed by atoms with van der Waals surface area (Å²) in [6.45, 7) is 10.0. The van der Waals surface area contributed by atoms with Crippen molar-refractivity contribution in [2.24, 2.45) is 5.92 Å². The summed E-state index contributed by atoms with van der Waals surface area (Å²) in [5.74, 6) is 0.666. The molecule has 0 radical (unpaired) electrons. The lowest BCUT2D eigenvalue weighted by atomic mass is 9.95. The Morgan fingerprint density at radius 3 is 2.62 bits per heavy atom. The van der Waals surface area contributed by atoms with E-state index >= 15 is 0 Å². The molecule has 1 heterocycles. The Hall–Kier alpha value is -0.120. The van der Waals surface area contributed by atoms with Crippen molar-refractivity contribution in [2.45, 2.75) is 45.7 Å². The van der Waals surface area contributed by atoms with Gasteiger partial charge in [-0.2, -0.15) is 0 Å². The molecule has 78 valence electrons. The molecular weight excluding hydrogens is 164 g/mol. The number of quaternary nitrogens is 1. The van der Waals surface area contributed by atoms with Crippen molar-refractivity contribution in [3.63, 3.8) is 0 Å². The van der Waals surface area contributed by atoms with Crippen molar-refractivity contribution in [2.75, 3.05) is 13.1 Å². The highest BCUT2D eigenvalue weighted by molar-refractivity contribution is 4.85. The van der Waals surface area contributed by atoms with Gasteiger partial charge in [0.25, 0.3) is 0 Å². The molecule has 0 spiro atoms. The van der Waals surface area contributed by atoms with Gasteiger partial charge in [-0.3, -0.25) is 5.32 Å². The standard InChI is InChI=1S/C10H22N2O/c1-8(2)5-9-6-12(13)7-10(3,4)11-9/h8-9,11-12H,5-7H2,1-4H3. The van der Waals surface area contributed by atoms with Gasteiger partial charge in [0, 0.05) is 0 Å². The van der Waals surface area contributed by atoms with Crippen LogP contribution in [0.25, 0.3) is 0 Å². The van der Waals surface area contributed by atoms with E-state index in [4.69, 9.17) is 0 Å². The largest absolute Gasteiger partial charge is 0.634 e. The summed E-state index contributed by atoms with van der Waals surface area (Å²) in [6, 6.07) is 0.399. The summed E-state index contributed by atoms with van der Waals surface area (Å²) in [6.07, 6.45) is 1.11. The maximum atomic E-state index is 11.4. The summed E-state index contributed by atoms with van der Waals surface area (Å²) >= 11 is 0. The van der Waals surface area contributed by atoms with Crippen LogP contribution in [-0.4, -0.2) is 24.7 Å². The fraction of sp³-hybridized carbons (Fsp3) is 1.00. The summed E-state index contributed by atoms with van der Waals surface area (Å²) in [5.41, 5.74) is 0.00882. The molecule has 3 heteroatoms. The van der Waals surface area contributed by atoms with Crippen molar-refractivity contribution in [1.82, 2.24) is 5.32 Å². The van der Waals surface area contributed by atoms with Gasteiger partial charge >= 0.3 is 0 Å². The van der Waals surface area contributed by atoms with Crippen LogP contribution >= 0.6 is 0 Å². The molecule has 13 heavy (non-hydrogen) atoms. The van der Waals surface area contributed by atoms with Gasteiger partial charge in [-0.15, -0.1) is 0 Å². The maximum Gasteiger partial charge on any atom is 0.0948 e. The smallest absolute Gasteiger partial charge is 0.0948 e. The maximum absolute atomic E-state index is 11.4. The molecule has 0 saturated carbocycles. The second-order valence-electron chi connectivity index (χ2n) is 5.27. The minimum Gasteiger partial charge on any atom is -0.634 e. The molecule has 1 aliphatic heterocycles. The number of hydroxylamine groups is 2. The lowest BCUT2D eigenvalue weighted by Crippen LogP contribution is -3.13. The summed E-state index contributed by atoms with van der Waals surface area (Å²) in [7, 11) is 0. The van der Waals surface area contributed by atoms with E-state index in [1.165, 1.54) is 0 Å². The SMILES string of the molecule is CC(C)CC1C[NH+]([O-])CC(C)(C)N1. The predicted octanol–water partition coefficient (Wildman–Crippen LogP) is 0.166. The van der Waals surface area contributed by atoms with Crippen molar-refractivity contribution >= 4 is 0 Å². The molecule has 1 fully saturated rings. The van der Waals surface area contributed by atoms with Crippen LogP contribution in [0.1, 0.15) is 34.1 Å². The van der Waals surface area contributed by atoms with Crippen LogP contribution < -0.4 is 10.4 Å². The van der Waals surface area contributed by atoms with Crippen LogP contribution in [0.4, 0.5) is 0 Å². The molecular formula is C10H22N2O. The van der Waals surface area contributed by atoms with Gasteiger partial charge in [0.1, 0.15) is 0 Å². The zero-order valence-corrected chi connectivity index (χ0v) is 9.18. The zero-order valence-electron chi connectivity index (χ0n) is 9.18. The first-order valence-electron chi connectivity index (χ1n) is 5.18. The molecule has 0 bridgehead atoms. The Kier molecular flexibility index (Phi) is 3.33. The number of piperazine rings is 1. The van der Waals surface area contributed by atoms with Crippen LogP contribution in [0.2, 0.25) is 0 Å². The van der Waals surface area contributed by atoms with Gasteiger partial charge in [-0.05, 0) is 26.2 Å².